The molecule has 90 valence electrons. The number of rotatable bonds is 2. The predicted octanol–water partition coefficient (Wildman–Crippen LogP) is 3.98. The fourth-order valence-electron chi connectivity index (χ4n) is 2.47. The normalized spacial score (nSPS) is 16.6. The van der Waals surface area contributed by atoms with Gasteiger partial charge in [-0.25, -0.2) is 0 Å². The van der Waals surface area contributed by atoms with Crippen LogP contribution in [0.5, 0.6) is 0 Å². The molecule has 0 spiro atoms. The molecule has 0 aromatic heterocycles. The van der Waals surface area contributed by atoms with E-state index >= 15 is 0 Å². The first-order chi connectivity index (χ1) is 7.77. The van der Waals surface area contributed by atoms with Crippen molar-refractivity contribution < 1.29 is 0 Å². The third-order valence-corrected chi connectivity index (χ3v) is 3.66. The second-order valence-corrected chi connectivity index (χ2v) is 4.88. The maximum absolute atomic E-state index is 6.32. The quantitative estimate of drug-likeness (QED) is 0.854. The van der Waals surface area contributed by atoms with Gasteiger partial charge in [-0.2, -0.15) is 0 Å². The van der Waals surface area contributed by atoms with Crippen LogP contribution >= 0.6 is 12.4 Å². The Morgan fingerprint density at radius 1 is 1.06 bits per heavy atom. The lowest BCUT2D eigenvalue weighted by Crippen LogP contribution is -2.12. The largest absolute Gasteiger partial charge is 0.324 e. The lowest BCUT2D eigenvalue weighted by atomic mass is 9.94. The molecule has 0 unspecified atom stereocenters. The lowest BCUT2D eigenvalue weighted by molar-refractivity contribution is 0.638. The zero-order valence-corrected chi connectivity index (χ0v) is 10.8. The van der Waals surface area contributed by atoms with Crippen molar-refractivity contribution in [3.8, 4) is 0 Å². The van der Waals surface area contributed by atoms with Crippen LogP contribution in [0.3, 0.4) is 0 Å². The summed E-state index contributed by atoms with van der Waals surface area (Å²) in [4.78, 5) is 0. The van der Waals surface area contributed by atoms with Crippen molar-refractivity contribution in [2.24, 2.45) is 11.7 Å². The molecule has 1 aliphatic carbocycles. The van der Waals surface area contributed by atoms with Gasteiger partial charge in [-0.15, -0.1) is 12.4 Å². The van der Waals surface area contributed by atoms with Gasteiger partial charge in [0.15, 0.2) is 0 Å². The van der Waals surface area contributed by atoms with Crippen LogP contribution < -0.4 is 5.73 Å². The lowest BCUT2D eigenvalue weighted by Gasteiger charge is -2.15. The fourth-order valence-corrected chi connectivity index (χ4v) is 2.47. The van der Waals surface area contributed by atoms with Gasteiger partial charge in [-0.1, -0.05) is 36.4 Å². The Kier molecular flexibility index (Phi) is 3.41. The molecule has 2 aromatic rings. The van der Waals surface area contributed by atoms with Crippen molar-refractivity contribution in [1.82, 2.24) is 0 Å². The van der Waals surface area contributed by atoms with Crippen molar-refractivity contribution in [2.75, 3.05) is 0 Å². The van der Waals surface area contributed by atoms with Gasteiger partial charge < -0.3 is 5.73 Å². The van der Waals surface area contributed by atoms with E-state index in [1.165, 1.54) is 34.7 Å². The molecular weight excluding hydrogens is 230 g/mol. The van der Waals surface area contributed by atoms with E-state index < -0.39 is 0 Å². The van der Waals surface area contributed by atoms with Crippen LogP contribution in [-0.4, -0.2) is 0 Å². The molecule has 1 saturated carbocycles. The van der Waals surface area contributed by atoms with E-state index in [2.05, 4.69) is 43.3 Å². The van der Waals surface area contributed by atoms with E-state index in [0.29, 0.717) is 5.92 Å². The molecule has 2 aromatic carbocycles. The molecule has 0 radical (unpaired) electrons. The summed E-state index contributed by atoms with van der Waals surface area (Å²) in [6.07, 6.45) is 2.59. The smallest absolute Gasteiger partial charge is 0.0329 e. The third kappa shape index (κ3) is 2.18. The number of hydrogen-bond acceptors (Lipinski definition) is 1. The average molecular weight is 248 g/mol. The first kappa shape index (κ1) is 12.4. The Hall–Kier alpha value is -1.05. The molecular formula is C15H18ClN. The van der Waals surface area contributed by atoms with E-state index in [9.17, 15) is 0 Å². The monoisotopic (exact) mass is 247 g/mol. The van der Waals surface area contributed by atoms with Crippen LogP contribution in [-0.2, 0) is 0 Å². The van der Waals surface area contributed by atoms with E-state index in [4.69, 9.17) is 5.73 Å². The van der Waals surface area contributed by atoms with Crippen LogP contribution in [0.15, 0.2) is 36.4 Å². The summed E-state index contributed by atoms with van der Waals surface area (Å²) in [6, 6.07) is 13.2. The van der Waals surface area contributed by atoms with Crippen LogP contribution in [0, 0.1) is 12.8 Å². The summed E-state index contributed by atoms with van der Waals surface area (Å²) in [6.45, 7) is 2.16. The summed E-state index contributed by atoms with van der Waals surface area (Å²) in [5.74, 6) is 0.714. The van der Waals surface area contributed by atoms with Crippen molar-refractivity contribution in [3.63, 3.8) is 0 Å². The van der Waals surface area contributed by atoms with Crippen molar-refractivity contribution in [3.05, 3.63) is 47.5 Å². The van der Waals surface area contributed by atoms with E-state index in [0.717, 1.165) is 0 Å². The Bertz CT molecular complexity index is 531. The van der Waals surface area contributed by atoms with Crippen molar-refractivity contribution >= 4 is 23.2 Å². The van der Waals surface area contributed by atoms with Crippen molar-refractivity contribution in [1.29, 1.82) is 0 Å². The van der Waals surface area contributed by atoms with Gasteiger partial charge in [-0.3, -0.25) is 0 Å². The SMILES string of the molecule is Cc1ccc([C@H](N)C2CC2)c2ccccc12.Cl. The number of aryl methyl sites for hydroxylation is 1. The Labute approximate surface area is 108 Å². The molecule has 0 aliphatic heterocycles. The number of fused-ring (bicyclic) bond motifs is 1. The zero-order chi connectivity index (χ0) is 11.1. The standard InChI is InChI=1S/C15H17N.ClH/c1-10-6-9-14(15(16)11-7-8-11)13-5-3-2-4-12(10)13;/h2-6,9,11,15H,7-8,16H2,1H3;1H/t15-;/m1./s1. The maximum Gasteiger partial charge on any atom is 0.0329 e. The highest BCUT2D eigenvalue weighted by atomic mass is 35.5. The summed E-state index contributed by atoms with van der Waals surface area (Å²) < 4.78 is 0. The molecule has 17 heavy (non-hydrogen) atoms. The van der Waals surface area contributed by atoms with Crippen LogP contribution in [0.1, 0.15) is 30.0 Å². The Morgan fingerprint density at radius 2 is 1.71 bits per heavy atom. The maximum atomic E-state index is 6.32. The molecule has 2 heteroatoms. The van der Waals surface area contributed by atoms with Gasteiger partial charge in [0.2, 0.25) is 0 Å². The highest BCUT2D eigenvalue weighted by Gasteiger charge is 2.30. The minimum absolute atomic E-state index is 0. The zero-order valence-electron chi connectivity index (χ0n) is 10.0. The van der Waals surface area contributed by atoms with Crippen LogP contribution in [0.4, 0.5) is 0 Å². The Morgan fingerprint density at radius 3 is 2.35 bits per heavy atom. The minimum Gasteiger partial charge on any atom is -0.324 e. The van der Waals surface area contributed by atoms with E-state index in [1.54, 1.807) is 0 Å². The van der Waals surface area contributed by atoms with Gasteiger partial charge in [0, 0.05) is 6.04 Å². The van der Waals surface area contributed by atoms with Gasteiger partial charge in [-0.05, 0) is 47.6 Å². The molecule has 1 fully saturated rings. The molecule has 1 nitrogen and oxygen atoms in total. The molecule has 2 N–H and O–H groups in total. The van der Waals surface area contributed by atoms with Gasteiger partial charge >= 0.3 is 0 Å². The minimum atomic E-state index is 0. The van der Waals surface area contributed by atoms with Gasteiger partial charge in [0.05, 0.1) is 0 Å². The highest BCUT2D eigenvalue weighted by molar-refractivity contribution is 5.89. The van der Waals surface area contributed by atoms with Gasteiger partial charge in [0.1, 0.15) is 0 Å². The summed E-state index contributed by atoms with van der Waals surface area (Å²) >= 11 is 0. The molecule has 0 amide bonds. The van der Waals surface area contributed by atoms with Crippen LogP contribution in [0.2, 0.25) is 0 Å². The predicted molar refractivity (Wildman–Crippen MR) is 75.6 cm³/mol. The third-order valence-electron chi connectivity index (χ3n) is 3.66. The molecule has 0 saturated heterocycles. The topological polar surface area (TPSA) is 26.0 Å². The average Bonchev–Trinajstić information content (AvgIpc) is 3.13. The van der Waals surface area contributed by atoms with Crippen LogP contribution in [0.25, 0.3) is 10.8 Å². The Balaban J connectivity index is 0.00000108. The number of hydrogen-bond donors (Lipinski definition) is 1. The number of halogens is 1. The summed E-state index contributed by atoms with van der Waals surface area (Å²) in [5, 5.41) is 2.68. The van der Waals surface area contributed by atoms with E-state index in [-0.39, 0.29) is 18.4 Å². The molecule has 3 rings (SSSR count). The van der Waals surface area contributed by atoms with E-state index in [1.807, 2.05) is 0 Å². The molecule has 1 atom stereocenters. The fraction of sp³-hybridized carbons (Fsp3) is 0.333. The second-order valence-electron chi connectivity index (χ2n) is 4.88. The molecule has 0 bridgehead atoms. The van der Waals surface area contributed by atoms with Gasteiger partial charge in [0.25, 0.3) is 0 Å². The highest BCUT2D eigenvalue weighted by Crippen LogP contribution is 2.41. The molecule has 0 heterocycles. The molecule has 1 aliphatic rings. The summed E-state index contributed by atoms with van der Waals surface area (Å²) in [5.41, 5.74) is 8.97. The van der Waals surface area contributed by atoms with Crippen molar-refractivity contribution in [2.45, 2.75) is 25.8 Å². The number of nitrogens with two attached hydrogens (primary N) is 1. The first-order valence-electron chi connectivity index (χ1n) is 6.01. The summed E-state index contributed by atoms with van der Waals surface area (Å²) in [7, 11) is 0. The number of benzene rings is 2. The first-order valence-corrected chi connectivity index (χ1v) is 6.01. The second kappa shape index (κ2) is 4.67.